The third kappa shape index (κ3) is 32.4. The molecule has 0 spiro atoms. The molecule has 102 heavy (non-hydrogen) atoms. The van der Waals surface area contributed by atoms with Gasteiger partial charge in [-0.25, -0.2) is 0 Å². The second-order valence-corrected chi connectivity index (χ2v) is 24.3. The van der Waals surface area contributed by atoms with Crippen LogP contribution in [0.1, 0.15) is 89.9 Å². The summed E-state index contributed by atoms with van der Waals surface area (Å²) in [5, 5.41) is 112. The van der Waals surface area contributed by atoms with Gasteiger partial charge in [0, 0.05) is 69.6 Å². The highest BCUT2D eigenvalue weighted by Gasteiger charge is 2.48. The van der Waals surface area contributed by atoms with Crippen molar-refractivity contribution in [2.45, 2.75) is 178 Å². The zero-order valence-electron chi connectivity index (χ0n) is 58.2. The number of unbranched alkanes of at least 4 members (excludes halogenated alkanes) is 2. The molecular formula is C64H106N8O30. The molecule has 3 saturated heterocycles. The number of Topliss-reactive ketones (excluding diaryl/α,β-unsaturated/α-hetero) is 1. The van der Waals surface area contributed by atoms with E-state index < -0.39 is 172 Å². The SMILES string of the molecule is CC(=O)NC1C(OCCOCCNC(=O)CCOCC(NC(=O)c2cc(NC(=O)CCOCCOCCOC3OC(CO)C(O)C(O)C3NC(C)=O)cc(NC(=O)CCOCCOCCOC3OC(CO)C(O)C(O)C3NC(C)=O)c2)C(=O)NCCCCCC(=O)C(C)C)OC(CO)C(O)C1O. The molecule has 3 aliphatic heterocycles. The molecule has 3 aliphatic rings. The number of aliphatic hydroxyl groups excluding tert-OH is 9. The number of aliphatic hydroxyl groups is 9. The Morgan fingerprint density at radius 2 is 0.814 bits per heavy atom. The van der Waals surface area contributed by atoms with E-state index in [0.29, 0.717) is 25.7 Å². The molecular weight excluding hydrogens is 1360 g/mol. The third-order valence-corrected chi connectivity index (χ3v) is 15.7. The van der Waals surface area contributed by atoms with Crippen LogP contribution in [0.3, 0.4) is 0 Å². The predicted octanol–water partition coefficient (Wildman–Crippen LogP) is -6.17. The molecule has 8 amide bonds. The van der Waals surface area contributed by atoms with Crippen molar-refractivity contribution < 1.29 is 146 Å². The first-order chi connectivity index (χ1) is 48.8. The summed E-state index contributed by atoms with van der Waals surface area (Å²) in [6.07, 6.45) is -14.6. The van der Waals surface area contributed by atoms with Gasteiger partial charge in [0.15, 0.2) is 18.9 Å². The summed E-state index contributed by atoms with van der Waals surface area (Å²) < 4.78 is 67.0. The first-order valence-corrected chi connectivity index (χ1v) is 33.9. The predicted molar refractivity (Wildman–Crippen MR) is 352 cm³/mol. The van der Waals surface area contributed by atoms with Crippen LogP contribution >= 0.6 is 0 Å². The topological polar surface area (TPSA) is 543 Å². The van der Waals surface area contributed by atoms with Gasteiger partial charge in [0.1, 0.15) is 84.9 Å². The number of nitrogens with one attached hydrogen (secondary N) is 8. The van der Waals surface area contributed by atoms with E-state index in [9.17, 15) is 89.1 Å². The number of carbonyl (C=O) groups is 9. The molecule has 1 aromatic rings. The van der Waals surface area contributed by atoms with Crippen LogP contribution in [0.25, 0.3) is 0 Å². The van der Waals surface area contributed by atoms with Gasteiger partial charge < -0.3 is 145 Å². The van der Waals surface area contributed by atoms with Gasteiger partial charge in [-0.2, -0.15) is 0 Å². The van der Waals surface area contributed by atoms with Crippen LogP contribution in [-0.4, -0.2) is 329 Å². The number of amides is 8. The number of rotatable bonds is 50. The molecule has 38 nitrogen and oxygen atoms in total. The Balaban J connectivity index is 1.34. The lowest BCUT2D eigenvalue weighted by Crippen LogP contribution is -2.64. The number of carbonyl (C=O) groups excluding carboxylic acids is 9. The molecule has 16 unspecified atom stereocenters. The fourth-order valence-electron chi connectivity index (χ4n) is 10.3. The fraction of sp³-hybridized carbons (Fsp3) is 0.766. The maximum Gasteiger partial charge on any atom is 0.252 e. The van der Waals surface area contributed by atoms with Crippen LogP contribution in [0.2, 0.25) is 0 Å². The molecule has 0 aromatic heterocycles. The van der Waals surface area contributed by atoms with E-state index in [1.54, 1.807) is 0 Å². The summed E-state index contributed by atoms with van der Waals surface area (Å²) in [5.41, 5.74) is -0.0387. The van der Waals surface area contributed by atoms with Crippen molar-refractivity contribution >= 4 is 64.4 Å². The number of ketones is 1. The first-order valence-electron chi connectivity index (χ1n) is 33.9. The number of hydrogen-bond acceptors (Lipinski definition) is 30. The summed E-state index contributed by atoms with van der Waals surface area (Å²) in [4.78, 5) is 115. The lowest BCUT2D eigenvalue weighted by molar-refractivity contribution is -0.272. The lowest BCUT2D eigenvalue weighted by atomic mass is 9.97. The zero-order chi connectivity index (χ0) is 75.1. The normalized spacial score (nSPS) is 25.2. The van der Waals surface area contributed by atoms with E-state index in [1.165, 1.54) is 39.0 Å². The molecule has 1 aromatic carbocycles. The summed E-state index contributed by atoms with van der Waals surface area (Å²) in [5.74, 6) is -4.67. The molecule has 17 N–H and O–H groups in total. The maximum absolute atomic E-state index is 14.2. The summed E-state index contributed by atoms with van der Waals surface area (Å²) in [7, 11) is 0. The minimum absolute atomic E-state index is 0.00183. The average molecular weight is 1470 g/mol. The highest BCUT2D eigenvalue weighted by molar-refractivity contribution is 6.02. The van der Waals surface area contributed by atoms with Crippen LogP contribution in [0.4, 0.5) is 11.4 Å². The monoisotopic (exact) mass is 1470 g/mol. The Hall–Kier alpha value is -6.19. The largest absolute Gasteiger partial charge is 0.394 e. The van der Waals surface area contributed by atoms with Crippen molar-refractivity contribution in [1.82, 2.24) is 31.9 Å². The van der Waals surface area contributed by atoms with E-state index in [0.717, 1.165) is 0 Å². The number of ether oxygens (including phenoxy) is 12. The molecule has 0 radical (unpaired) electrons. The first kappa shape index (κ1) is 88.2. The number of hydrogen-bond donors (Lipinski definition) is 17. The molecule has 4 rings (SSSR count). The van der Waals surface area contributed by atoms with Crippen molar-refractivity contribution in [2.75, 3.05) is 143 Å². The molecule has 582 valence electrons. The second kappa shape index (κ2) is 48.8. The Kier molecular flexibility index (Phi) is 42.2. The summed E-state index contributed by atoms with van der Waals surface area (Å²) >= 11 is 0. The Morgan fingerprint density at radius 1 is 0.431 bits per heavy atom. The van der Waals surface area contributed by atoms with Gasteiger partial charge in [-0.15, -0.1) is 0 Å². The highest BCUT2D eigenvalue weighted by atomic mass is 16.7. The van der Waals surface area contributed by atoms with Crippen molar-refractivity contribution in [3.63, 3.8) is 0 Å². The van der Waals surface area contributed by atoms with Crippen LogP contribution < -0.4 is 42.5 Å². The van der Waals surface area contributed by atoms with Gasteiger partial charge in [-0.05, 0) is 31.0 Å². The van der Waals surface area contributed by atoms with Gasteiger partial charge in [-0.1, -0.05) is 20.3 Å². The second-order valence-electron chi connectivity index (χ2n) is 24.3. The molecule has 0 bridgehead atoms. The third-order valence-electron chi connectivity index (χ3n) is 15.7. The van der Waals surface area contributed by atoms with E-state index >= 15 is 0 Å². The standard InChI is InChI=1S/C64H106N8O30/c1-36(2)44(79)9-7-6-8-13-66-61(90)43(35-96-17-10-48(80)65-14-18-93-23-26-97-62-51(67-37(3)76)57(86)54(83)45(32-73)100-62)72-60(89)40-29-41(70-49(81)11-15-91-19-21-94-24-27-98-63-52(68-38(4)77)58(87)55(84)46(33-74)101-63)31-42(30-40)71-50(82)12-16-92-20-22-95-25-28-99-64-53(69-39(5)78)59(88)56(85)47(34-75)102-64/h29-31,36,43,45-47,51-59,62-64,73-75,83-88H,6-28,32-35H2,1-5H3,(H,65,80)(H,66,90)(H,67,76)(H,68,77)(H,69,78)(H,70,81)(H,71,82)(H,72,89). The number of anilines is 2. The fourth-order valence-corrected chi connectivity index (χ4v) is 10.3. The van der Waals surface area contributed by atoms with Crippen molar-refractivity contribution in [1.29, 1.82) is 0 Å². The van der Waals surface area contributed by atoms with Gasteiger partial charge >= 0.3 is 0 Å². The number of benzene rings is 1. The van der Waals surface area contributed by atoms with Gasteiger partial charge in [-0.3, -0.25) is 43.2 Å². The van der Waals surface area contributed by atoms with Crippen LogP contribution in [-0.2, 0) is 95.2 Å². The Labute approximate surface area is 590 Å². The molecule has 3 fully saturated rings. The quantitative estimate of drug-likeness (QED) is 0.0270. The van der Waals surface area contributed by atoms with Crippen molar-refractivity contribution in [3.05, 3.63) is 23.8 Å². The Bertz CT molecular complexity index is 2610. The average Bonchev–Trinajstić information content (AvgIpc) is 0.825. The minimum atomic E-state index is -1.50. The smallest absolute Gasteiger partial charge is 0.252 e. The van der Waals surface area contributed by atoms with Gasteiger partial charge in [0.2, 0.25) is 41.4 Å². The molecule has 38 heteroatoms. The minimum Gasteiger partial charge on any atom is -0.394 e. The molecule has 0 aliphatic carbocycles. The van der Waals surface area contributed by atoms with Gasteiger partial charge in [0.25, 0.3) is 5.91 Å². The summed E-state index contributed by atoms with van der Waals surface area (Å²) in [6.45, 7) is 4.67. The zero-order valence-corrected chi connectivity index (χ0v) is 58.2. The van der Waals surface area contributed by atoms with E-state index in [4.69, 9.17) is 56.8 Å². The van der Waals surface area contributed by atoms with E-state index in [2.05, 4.69) is 42.5 Å². The lowest BCUT2D eigenvalue weighted by Gasteiger charge is -2.42. The van der Waals surface area contributed by atoms with Crippen molar-refractivity contribution in [3.8, 4) is 0 Å². The van der Waals surface area contributed by atoms with Crippen molar-refractivity contribution in [2.24, 2.45) is 5.92 Å². The van der Waals surface area contributed by atoms with E-state index in [-0.39, 0.29) is 153 Å². The van der Waals surface area contributed by atoms with E-state index in [1.807, 2.05) is 13.8 Å². The highest BCUT2D eigenvalue weighted by Crippen LogP contribution is 2.26. The Morgan fingerprint density at radius 3 is 1.22 bits per heavy atom. The molecule has 0 saturated carbocycles. The van der Waals surface area contributed by atoms with Crippen LogP contribution in [0.15, 0.2) is 18.2 Å². The maximum atomic E-state index is 14.2. The van der Waals surface area contributed by atoms with Gasteiger partial charge in [0.05, 0.1) is 132 Å². The molecule has 3 heterocycles. The van der Waals surface area contributed by atoms with Crippen LogP contribution in [0.5, 0.6) is 0 Å². The summed E-state index contributed by atoms with van der Waals surface area (Å²) in [6, 6.07) is -0.793. The van der Waals surface area contributed by atoms with Crippen LogP contribution in [0, 0.1) is 5.92 Å². The molecule has 16 atom stereocenters.